The molecule has 0 aromatic heterocycles. The van der Waals surface area contributed by atoms with Crippen LogP contribution in [0.3, 0.4) is 0 Å². The molecule has 0 fully saturated rings. The van der Waals surface area contributed by atoms with E-state index in [0.717, 1.165) is 12.6 Å². The van der Waals surface area contributed by atoms with Crippen LogP contribution in [0.2, 0.25) is 0 Å². The number of likely N-dealkylation sites (N-methyl/N-ethyl adjacent to an activating group) is 1. The van der Waals surface area contributed by atoms with Gasteiger partial charge in [-0.25, -0.2) is 0 Å². The van der Waals surface area contributed by atoms with E-state index >= 15 is 0 Å². The van der Waals surface area contributed by atoms with E-state index in [-0.39, 0.29) is 5.56 Å². The van der Waals surface area contributed by atoms with Crippen LogP contribution >= 0.6 is 0 Å². The number of carbonyl (C=O) groups is 1. The summed E-state index contributed by atoms with van der Waals surface area (Å²) in [4.78, 5) is 13.2. The van der Waals surface area contributed by atoms with Crippen LogP contribution in [0.5, 0.6) is 5.75 Å². The predicted molar refractivity (Wildman–Crippen MR) is 70.8 cm³/mol. The van der Waals surface area contributed by atoms with E-state index in [0.29, 0.717) is 18.9 Å². The lowest BCUT2D eigenvalue weighted by Crippen LogP contribution is -2.32. The Labute approximate surface area is 120 Å². The number of alkyl halides is 3. The van der Waals surface area contributed by atoms with Crippen LogP contribution in [-0.4, -0.2) is 37.5 Å². The van der Waals surface area contributed by atoms with Crippen LogP contribution in [0.15, 0.2) is 18.2 Å². The fourth-order valence-corrected chi connectivity index (χ4v) is 2.40. The highest BCUT2D eigenvalue weighted by atomic mass is 19.4. The molecule has 0 unspecified atom stereocenters. The molecule has 21 heavy (non-hydrogen) atoms. The number of nitrogens with zero attached hydrogens (tertiary/aromatic N) is 1. The molecule has 2 rings (SSSR count). The zero-order chi connectivity index (χ0) is 15.8. The number of hydrogen-bond acceptors (Lipinski definition) is 3. The van der Waals surface area contributed by atoms with Crippen LogP contribution in [0.25, 0.3) is 0 Å². The molecule has 4 nitrogen and oxygen atoms in total. The van der Waals surface area contributed by atoms with Gasteiger partial charge >= 0.3 is 12.1 Å². The summed E-state index contributed by atoms with van der Waals surface area (Å²) in [5.41, 5.74) is 0.843. The van der Waals surface area contributed by atoms with Gasteiger partial charge in [-0.2, -0.15) is 13.2 Å². The topological polar surface area (TPSA) is 49.8 Å². The average molecular weight is 303 g/mol. The summed E-state index contributed by atoms with van der Waals surface area (Å²) < 4.78 is 43.9. The number of halogens is 3. The number of benzene rings is 1. The number of aliphatic carboxylic acids is 1. The molecule has 0 radical (unpaired) electrons. The minimum Gasteiger partial charge on any atom is -0.490 e. The van der Waals surface area contributed by atoms with E-state index in [1.807, 2.05) is 11.9 Å². The Bertz CT molecular complexity index is 545. The Kier molecular flexibility index (Phi) is 4.02. The monoisotopic (exact) mass is 303 g/mol. The van der Waals surface area contributed by atoms with Gasteiger partial charge in [0.2, 0.25) is 0 Å². The van der Waals surface area contributed by atoms with Gasteiger partial charge in [-0.15, -0.1) is 0 Å². The van der Waals surface area contributed by atoms with E-state index in [9.17, 15) is 18.0 Å². The van der Waals surface area contributed by atoms with Crippen LogP contribution < -0.4 is 9.64 Å². The smallest absolute Gasteiger partial charge is 0.392 e. The molecule has 0 amide bonds. The number of carboxylic acids is 1. The maximum Gasteiger partial charge on any atom is 0.392 e. The SMILES string of the molecule is C[C@H]([C@H](C(=O)O)c1ccc2c(c1)OCCN2C)C(F)(F)F. The first kappa shape index (κ1) is 15.5. The lowest BCUT2D eigenvalue weighted by Gasteiger charge is -2.29. The molecular formula is C14H16F3NO3. The van der Waals surface area contributed by atoms with Crippen molar-refractivity contribution in [3.8, 4) is 5.75 Å². The molecule has 1 aromatic rings. The molecule has 0 aliphatic carbocycles. The van der Waals surface area contributed by atoms with Crippen molar-refractivity contribution < 1.29 is 27.8 Å². The third kappa shape index (κ3) is 3.06. The van der Waals surface area contributed by atoms with Crippen molar-refractivity contribution in [2.75, 3.05) is 25.1 Å². The number of anilines is 1. The quantitative estimate of drug-likeness (QED) is 0.933. The Balaban J connectivity index is 2.40. The van der Waals surface area contributed by atoms with Gasteiger partial charge in [0.25, 0.3) is 0 Å². The number of carboxylic acid groups (broad SMARTS) is 1. The van der Waals surface area contributed by atoms with Gasteiger partial charge in [-0.1, -0.05) is 13.0 Å². The first-order valence-electron chi connectivity index (χ1n) is 6.49. The molecular weight excluding hydrogens is 287 g/mol. The third-order valence-corrected chi connectivity index (χ3v) is 3.72. The third-order valence-electron chi connectivity index (χ3n) is 3.72. The fraction of sp³-hybridized carbons (Fsp3) is 0.500. The zero-order valence-electron chi connectivity index (χ0n) is 11.6. The van der Waals surface area contributed by atoms with Crippen LogP contribution in [0.4, 0.5) is 18.9 Å². The minimum atomic E-state index is -4.57. The van der Waals surface area contributed by atoms with Crippen molar-refractivity contribution in [2.24, 2.45) is 5.92 Å². The van der Waals surface area contributed by atoms with Crippen molar-refractivity contribution in [2.45, 2.75) is 19.0 Å². The highest BCUT2D eigenvalue weighted by Crippen LogP contribution is 2.40. The van der Waals surface area contributed by atoms with Gasteiger partial charge in [0.05, 0.1) is 24.1 Å². The maximum absolute atomic E-state index is 12.8. The molecule has 2 atom stereocenters. The Morgan fingerprint density at radius 2 is 2.10 bits per heavy atom. The Morgan fingerprint density at radius 1 is 1.43 bits per heavy atom. The molecule has 1 aliphatic heterocycles. The van der Waals surface area contributed by atoms with E-state index in [1.165, 1.54) is 12.1 Å². The molecule has 0 saturated heterocycles. The molecule has 7 heteroatoms. The van der Waals surface area contributed by atoms with Gasteiger partial charge in [-0.05, 0) is 17.7 Å². The Hall–Kier alpha value is -1.92. The van der Waals surface area contributed by atoms with Gasteiger partial charge in [0.1, 0.15) is 12.4 Å². The van der Waals surface area contributed by atoms with Crippen molar-refractivity contribution in [1.82, 2.24) is 0 Å². The van der Waals surface area contributed by atoms with Crippen LogP contribution in [0, 0.1) is 5.92 Å². The molecule has 0 bridgehead atoms. The number of hydrogen-bond donors (Lipinski definition) is 1. The lowest BCUT2D eigenvalue weighted by atomic mass is 9.86. The maximum atomic E-state index is 12.8. The summed E-state index contributed by atoms with van der Waals surface area (Å²) >= 11 is 0. The van der Waals surface area contributed by atoms with Gasteiger partial charge in [0, 0.05) is 7.05 Å². The van der Waals surface area contributed by atoms with E-state index in [2.05, 4.69) is 0 Å². The fourth-order valence-electron chi connectivity index (χ4n) is 2.40. The predicted octanol–water partition coefficient (Wildman–Crippen LogP) is 2.88. The van der Waals surface area contributed by atoms with Crippen molar-refractivity contribution in [3.05, 3.63) is 23.8 Å². The summed E-state index contributed by atoms with van der Waals surface area (Å²) in [5, 5.41) is 9.17. The summed E-state index contributed by atoms with van der Waals surface area (Å²) in [7, 11) is 1.84. The van der Waals surface area contributed by atoms with Gasteiger partial charge in [-0.3, -0.25) is 4.79 Å². The summed E-state index contributed by atoms with van der Waals surface area (Å²) in [6.45, 7) is 1.97. The van der Waals surface area contributed by atoms with Gasteiger partial charge < -0.3 is 14.7 Å². The van der Waals surface area contributed by atoms with Crippen LogP contribution in [-0.2, 0) is 4.79 Å². The highest BCUT2D eigenvalue weighted by molar-refractivity contribution is 5.77. The molecule has 1 aromatic carbocycles. The highest BCUT2D eigenvalue weighted by Gasteiger charge is 2.45. The first-order valence-corrected chi connectivity index (χ1v) is 6.49. The molecule has 1 N–H and O–H groups in total. The molecule has 116 valence electrons. The van der Waals surface area contributed by atoms with Crippen molar-refractivity contribution in [3.63, 3.8) is 0 Å². The first-order chi connectivity index (χ1) is 9.71. The summed E-state index contributed by atoms with van der Waals surface area (Å²) in [6.07, 6.45) is -4.57. The van der Waals surface area contributed by atoms with Gasteiger partial charge in [0.15, 0.2) is 0 Å². The van der Waals surface area contributed by atoms with E-state index in [4.69, 9.17) is 9.84 Å². The molecule has 0 saturated carbocycles. The number of rotatable bonds is 3. The second-order valence-corrected chi connectivity index (χ2v) is 5.14. The van der Waals surface area contributed by atoms with E-state index in [1.54, 1.807) is 6.07 Å². The Morgan fingerprint density at radius 3 is 2.67 bits per heavy atom. The molecule has 1 heterocycles. The largest absolute Gasteiger partial charge is 0.490 e. The zero-order valence-corrected chi connectivity index (χ0v) is 11.6. The summed E-state index contributed by atoms with van der Waals surface area (Å²) in [5.74, 6) is -4.70. The minimum absolute atomic E-state index is 0.0985. The number of fused-ring (bicyclic) bond motifs is 1. The summed E-state index contributed by atoms with van der Waals surface area (Å²) in [6, 6.07) is 4.42. The second-order valence-electron chi connectivity index (χ2n) is 5.14. The second kappa shape index (κ2) is 5.46. The average Bonchev–Trinajstić information content (AvgIpc) is 2.37. The van der Waals surface area contributed by atoms with Crippen molar-refractivity contribution >= 4 is 11.7 Å². The molecule has 0 spiro atoms. The van der Waals surface area contributed by atoms with Crippen LogP contribution in [0.1, 0.15) is 18.4 Å². The molecule has 1 aliphatic rings. The lowest BCUT2D eigenvalue weighted by molar-refractivity contribution is -0.183. The van der Waals surface area contributed by atoms with E-state index < -0.39 is 24.0 Å². The number of ether oxygens (including phenoxy) is 1. The standard InChI is InChI=1S/C14H16F3NO3/c1-8(14(15,16)17)12(13(19)20)9-3-4-10-11(7-9)21-6-5-18(10)2/h3-4,7-8,12H,5-6H2,1-2H3,(H,19,20)/t8-,12+/m1/s1. The van der Waals surface area contributed by atoms with Crippen molar-refractivity contribution in [1.29, 1.82) is 0 Å². The normalized spacial score (nSPS) is 17.7.